The number of nitrogens with one attached hydrogen (secondary N) is 1. The molecule has 0 fully saturated rings. The van der Waals surface area contributed by atoms with Gasteiger partial charge in [-0.1, -0.05) is 18.2 Å². The summed E-state index contributed by atoms with van der Waals surface area (Å²) in [5.41, 5.74) is 0.218. The standard InChI is InChI=1S/C12H13NO5/c1-7(14)13-11(12(16)17)9-5-3-4-6-10(9)18-8(2)15/h3-6,11H,1-2H3,(H,13,14)(H,16,17). The maximum Gasteiger partial charge on any atom is 0.331 e. The van der Waals surface area contributed by atoms with Gasteiger partial charge in [-0.15, -0.1) is 0 Å². The van der Waals surface area contributed by atoms with Crippen LogP contribution in [0.15, 0.2) is 24.3 Å². The van der Waals surface area contributed by atoms with Gasteiger partial charge >= 0.3 is 11.9 Å². The molecule has 1 atom stereocenters. The number of carbonyl (C=O) groups is 3. The monoisotopic (exact) mass is 251 g/mol. The lowest BCUT2D eigenvalue weighted by Crippen LogP contribution is -2.32. The summed E-state index contributed by atoms with van der Waals surface area (Å²) in [4.78, 5) is 33.0. The summed E-state index contributed by atoms with van der Waals surface area (Å²) in [6.45, 7) is 2.43. The van der Waals surface area contributed by atoms with E-state index in [1.54, 1.807) is 12.1 Å². The van der Waals surface area contributed by atoms with Crippen LogP contribution in [-0.4, -0.2) is 23.0 Å². The molecule has 0 bridgehead atoms. The zero-order valence-electron chi connectivity index (χ0n) is 9.97. The van der Waals surface area contributed by atoms with Gasteiger partial charge in [0.25, 0.3) is 0 Å². The molecule has 0 heterocycles. The number of carboxylic acids is 1. The van der Waals surface area contributed by atoms with Crippen LogP contribution in [0, 0.1) is 0 Å². The van der Waals surface area contributed by atoms with E-state index in [-0.39, 0.29) is 11.3 Å². The predicted molar refractivity (Wildman–Crippen MR) is 61.9 cm³/mol. The molecule has 6 nitrogen and oxygen atoms in total. The van der Waals surface area contributed by atoms with E-state index >= 15 is 0 Å². The van der Waals surface area contributed by atoms with Crippen molar-refractivity contribution in [2.75, 3.05) is 0 Å². The topological polar surface area (TPSA) is 92.7 Å². The Morgan fingerprint density at radius 1 is 1.22 bits per heavy atom. The summed E-state index contributed by atoms with van der Waals surface area (Å²) >= 11 is 0. The molecule has 1 aromatic carbocycles. The predicted octanol–water partition coefficient (Wildman–Crippen LogP) is 0.874. The van der Waals surface area contributed by atoms with E-state index in [0.29, 0.717) is 0 Å². The maximum absolute atomic E-state index is 11.1. The number of rotatable bonds is 4. The Kier molecular flexibility index (Phi) is 4.42. The summed E-state index contributed by atoms with van der Waals surface area (Å²) < 4.78 is 4.90. The Labute approximate surface area is 104 Å². The van der Waals surface area contributed by atoms with Crippen LogP contribution in [-0.2, 0) is 14.4 Å². The van der Waals surface area contributed by atoms with Gasteiger partial charge in [0, 0.05) is 19.4 Å². The first-order chi connectivity index (χ1) is 8.41. The summed E-state index contributed by atoms with van der Waals surface area (Å²) in [6, 6.07) is 4.90. The summed E-state index contributed by atoms with van der Waals surface area (Å²) in [5, 5.41) is 11.4. The van der Waals surface area contributed by atoms with Gasteiger partial charge in [0.1, 0.15) is 5.75 Å². The molecule has 18 heavy (non-hydrogen) atoms. The van der Waals surface area contributed by atoms with E-state index in [0.717, 1.165) is 0 Å². The van der Waals surface area contributed by atoms with Crippen LogP contribution in [0.25, 0.3) is 0 Å². The number of amides is 1. The van der Waals surface area contributed by atoms with Crippen molar-refractivity contribution in [3.63, 3.8) is 0 Å². The molecule has 0 aliphatic rings. The highest BCUT2D eigenvalue weighted by Gasteiger charge is 2.24. The van der Waals surface area contributed by atoms with Crippen LogP contribution >= 0.6 is 0 Å². The SMILES string of the molecule is CC(=O)NC(C(=O)O)c1ccccc1OC(C)=O. The molecule has 2 N–H and O–H groups in total. The fourth-order valence-corrected chi connectivity index (χ4v) is 1.44. The number of hydrogen-bond acceptors (Lipinski definition) is 4. The lowest BCUT2D eigenvalue weighted by atomic mass is 10.1. The van der Waals surface area contributed by atoms with Gasteiger partial charge in [0.15, 0.2) is 6.04 Å². The van der Waals surface area contributed by atoms with E-state index in [9.17, 15) is 14.4 Å². The highest BCUT2D eigenvalue weighted by atomic mass is 16.5. The minimum atomic E-state index is -1.25. The Hall–Kier alpha value is -2.37. The quantitative estimate of drug-likeness (QED) is 0.612. The van der Waals surface area contributed by atoms with E-state index in [1.165, 1.54) is 26.0 Å². The van der Waals surface area contributed by atoms with Crippen LogP contribution in [0.1, 0.15) is 25.5 Å². The van der Waals surface area contributed by atoms with Crippen LogP contribution < -0.4 is 10.1 Å². The first kappa shape index (κ1) is 13.7. The molecule has 0 saturated carbocycles. The number of para-hydroxylation sites is 1. The molecule has 6 heteroatoms. The molecule has 1 amide bonds. The van der Waals surface area contributed by atoms with E-state index < -0.39 is 23.9 Å². The second-order valence-corrected chi connectivity index (χ2v) is 3.60. The molecule has 0 aromatic heterocycles. The van der Waals surface area contributed by atoms with Crippen molar-refractivity contribution in [2.24, 2.45) is 0 Å². The molecule has 0 saturated heterocycles. The number of aliphatic carboxylic acids is 1. The molecule has 1 rings (SSSR count). The number of esters is 1. The maximum atomic E-state index is 11.1. The lowest BCUT2D eigenvalue weighted by molar-refractivity contribution is -0.142. The van der Waals surface area contributed by atoms with Gasteiger partial charge in [0.2, 0.25) is 5.91 Å². The highest BCUT2D eigenvalue weighted by Crippen LogP contribution is 2.25. The second kappa shape index (κ2) is 5.81. The fraction of sp³-hybridized carbons (Fsp3) is 0.250. The highest BCUT2D eigenvalue weighted by molar-refractivity contribution is 5.84. The molecule has 0 aliphatic heterocycles. The Bertz CT molecular complexity index is 483. The molecule has 96 valence electrons. The van der Waals surface area contributed by atoms with Crippen molar-refractivity contribution in [1.29, 1.82) is 0 Å². The third kappa shape index (κ3) is 3.58. The summed E-state index contributed by atoms with van der Waals surface area (Å²) in [5.74, 6) is -2.16. The fourth-order valence-electron chi connectivity index (χ4n) is 1.44. The molecule has 1 unspecified atom stereocenters. The van der Waals surface area contributed by atoms with Gasteiger partial charge in [-0.2, -0.15) is 0 Å². The molecule has 0 spiro atoms. The van der Waals surface area contributed by atoms with Crippen molar-refractivity contribution < 1.29 is 24.2 Å². The Morgan fingerprint density at radius 2 is 1.83 bits per heavy atom. The summed E-state index contributed by atoms with van der Waals surface area (Å²) in [7, 11) is 0. The van der Waals surface area contributed by atoms with Gasteiger partial charge in [-0.05, 0) is 6.07 Å². The van der Waals surface area contributed by atoms with Crippen molar-refractivity contribution in [1.82, 2.24) is 5.32 Å². The number of hydrogen-bond donors (Lipinski definition) is 2. The smallest absolute Gasteiger partial charge is 0.331 e. The van der Waals surface area contributed by atoms with Crippen LogP contribution in [0.2, 0.25) is 0 Å². The second-order valence-electron chi connectivity index (χ2n) is 3.60. The molecule has 1 aromatic rings. The first-order valence-corrected chi connectivity index (χ1v) is 5.19. The third-order valence-electron chi connectivity index (χ3n) is 2.08. The third-order valence-corrected chi connectivity index (χ3v) is 2.08. The van der Waals surface area contributed by atoms with Gasteiger partial charge in [-0.3, -0.25) is 9.59 Å². The van der Waals surface area contributed by atoms with Crippen molar-refractivity contribution in [2.45, 2.75) is 19.9 Å². The van der Waals surface area contributed by atoms with Gasteiger partial charge < -0.3 is 15.2 Å². The van der Waals surface area contributed by atoms with E-state index in [1.807, 2.05) is 0 Å². The van der Waals surface area contributed by atoms with Crippen molar-refractivity contribution in [3.05, 3.63) is 29.8 Å². The Balaban J connectivity index is 3.14. The normalized spacial score (nSPS) is 11.4. The zero-order chi connectivity index (χ0) is 13.7. The number of ether oxygens (including phenoxy) is 1. The van der Waals surface area contributed by atoms with Crippen LogP contribution in [0.5, 0.6) is 5.75 Å². The number of carbonyl (C=O) groups excluding carboxylic acids is 2. The average molecular weight is 251 g/mol. The van der Waals surface area contributed by atoms with Crippen molar-refractivity contribution >= 4 is 17.8 Å². The summed E-state index contributed by atoms with van der Waals surface area (Å²) in [6.07, 6.45) is 0. The number of carboxylic acid groups (broad SMARTS) is 1. The minimum absolute atomic E-state index is 0.117. The van der Waals surface area contributed by atoms with Crippen LogP contribution in [0.4, 0.5) is 0 Å². The largest absolute Gasteiger partial charge is 0.479 e. The van der Waals surface area contributed by atoms with Gasteiger partial charge in [0.05, 0.1) is 0 Å². The molecular weight excluding hydrogens is 238 g/mol. The lowest BCUT2D eigenvalue weighted by Gasteiger charge is -2.16. The molecular formula is C12H13NO5. The van der Waals surface area contributed by atoms with E-state index in [4.69, 9.17) is 9.84 Å². The Morgan fingerprint density at radius 3 is 2.33 bits per heavy atom. The first-order valence-electron chi connectivity index (χ1n) is 5.19. The molecule has 0 radical (unpaired) electrons. The average Bonchev–Trinajstić information content (AvgIpc) is 2.25. The number of benzene rings is 1. The van der Waals surface area contributed by atoms with E-state index in [2.05, 4.69) is 5.32 Å². The minimum Gasteiger partial charge on any atom is -0.479 e. The van der Waals surface area contributed by atoms with Gasteiger partial charge in [-0.25, -0.2) is 4.79 Å². The van der Waals surface area contributed by atoms with Crippen molar-refractivity contribution in [3.8, 4) is 5.75 Å². The van der Waals surface area contributed by atoms with Crippen LogP contribution in [0.3, 0.4) is 0 Å². The molecule has 0 aliphatic carbocycles. The zero-order valence-corrected chi connectivity index (χ0v) is 9.97.